The van der Waals surface area contributed by atoms with Crippen molar-refractivity contribution in [3.63, 3.8) is 0 Å². The van der Waals surface area contributed by atoms with Gasteiger partial charge in [0.05, 0.1) is 0 Å². The van der Waals surface area contributed by atoms with Crippen molar-refractivity contribution >= 4 is 0 Å². The van der Waals surface area contributed by atoms with Crippen molar-refractivity contribution in [2.75, 3.05) is 13.1 Å². The second-order valence-electron chi connectivity index (χ2n) is 4.41. The van der Waals surface area contributed by atoms with Crippen molar-refractivity contribution in [1.29, 1.82) is 0 Å². The highest BCUT2D eigenvalue weighted by atomic mass is 14.9. The summed E-state index contributed by atoms with van der Waals surface area (Å²) in [5, 5.41) is 3.47. The highest BCUT2D eigenvalue weighted by Gasteiger charge is 2.12. The van der Waals surface area contributed by atoms with Gasteiger partial charge in [-0.2, -0.15) is 0 Å². The quantitative estimate of drug-likeness (QED) is 0.754. The molecule has 0 radical (unpaired) electrons. The maximum atomic E-state index is 3.47. The number of benzene rings is 1. The van der Waals surface area contributed by atoms with Crippen molar-refractivity contribution < 1.29 is 0 Å². The normalized spacial score (nSPS) is 22.2. The smallest absolute Gasteiger partial charge is 0.00173 e. The molecule has 1 aromatic carbocycles. The summed E-state index contributed by atoms with van der Waals surface area (Å²) in [5.74, 6) is 0.852. The Bertz CT molecular complexity index is 287. The van der Waals surface area contributed by atoms with E-state index in [-0.39, 0.29) is 0 Å². The van der Waals surface area contributed by atoms with Gasteiger partial charge in [-0.1, -0.05) is 29.8 Å². The van der Waals surface area contributed by atoms with E-state index < -0.39 is 0 Å². The van der Waals surface area contributed by atoms with Gasteiger partial charge in [0, 0.05) is 0 Å². The summed E-state index contributed by atoms with van der Waals surface area (Å²) in [6.07, 6.45) is 3.98. The first-order valence-corrected chi connectivity index (χ1v) is 5.61. The fraction of sp³-hybridized carbons (Fsp3) is 0.538. The molecule has 1 fully saturated rings. The van der Waals surface area contributed by atoms with Crippen LogP contribution in [0.4, 0.5) is 0 Å². The molecule has 14 heavy (non-hydrogen) atoms. The summed E-state index contributed by atoms with van der Waals surface area (Å²) >= 11 is 0. The third-order valence-electron chi connectivity index (χ3n) is 3.01. The maximum Gasteiger partial charge on any atom is -0.00173 e. The van der Waals surface area contributed by atoms with Crippen molar-refractivity contribution in [2.24, 2.45) is 5.92 Å². The zero-order valence-electron chi connectivity index (χ0n) is 8.92. The molecule has 1 aliphatic rings. The molecule has 0 saturated carbocycles. The third-order valence-corrected chi connectivity index (χ3v) is 3.01. The zero-order chi connectivity index (χ0) is 9.80. The van der Waals surface area contributed by atoms with Crippen LogP contribution in [-0.4, -0.2) is 13.1 Å². The Balaban J connectivity index is 1.95. The number of hydrogen-bond acceptors (Lipinski definition) is 1. The van der Waals surface area contributed by atoms with E-state index in [1.54, 1.807) is 0 Å². The Morgan fingerprint density at radius 2 is 2.36 bits per heavy atom. The lowest BCUT2D eigenvalue weighted by molar-refractivity contribution is 0.376. The third kappa shape index (κ3) is 2.58. The fourth-order valence-corrected chi connectivity index (χ4v) is 2.27. The standard InChI is InChI=1S/C13H19N/c1-11-4-2-5-12(8-11)9-13-6-3-7-14-10-13/h2,4-5,8,13-14H,3,6-7,9-10H2,1H3/t13-/m0/s1. The number of aryl methyl sites for hydroxylation is 1. The van der Waals surface area contributed by atoms with Gasteiger partial charge in [0.15, 0.2) is 0 Å². The number of rotatable bonds is 2. The van der Waals surface area contributed by atoms with Crippen molar-refractivity contribution in [1.82, 2.24) is 5.32 Å². The van der Waals surface area contributed by atoms with Crippen LogP contribution < -0.4 is 5.32 Å². The van der Waals surface area contributed by atoms with E-state index in [2.05, 4.69) is 36.5 Å². The first kappa shape index (κ1) is 9.72. The molecular weight excluding hydrogens is 170 g/mol. The van der Waals surface area contributed by atoms with Crippen molar-refractivity contribution in [3.05, 3.63) is 35.4 Å². The molecule has 0 bridgehead atoms. The first-order valence-electron chi connectivity index (χ1n) is 5.61. The molecule has 1 heteroatoms. The second kappa shape index (κ2) is 4.61. The van der Waals surface area contributed by atoms with E-state index in [9.17, 15) is 0 Å². The largest absolute Gasteiger partial charge is 0.316 e. The average molecular weight is 189 g/mol. The van der Waals surface area contributed by atoms with Crippen LogP contribution in [0, 0.1) is 12.8 Å². The fourth-order valence-electron chi connectivity index (χ4n) is 2.27. The Labute approximate surface area is 86.5 Å². The van der Waals surface area contributed by atoms with Gasteiger partial charge in [0.25, 0.3) is 0 Å². The summed E-state index contributed by atoms with van der Waals surface area (Å²) in [6, 6.07) is 8.90. The predicted octanol–water partition coefficient (Wildman–Crippen LogP) is 2.54. The summed E-state index contributed by atoms with van der Waals surface area (Å²) in [4.78, 5) is 0. The Morgan fingerprint density at radius 3 is 3.07 bits per heavy atom. The van der Waals surface area contributed by atoms with Gasteiger partial charge in [-0.15, -0.1) is 0 Å². The molecule has 1 aromatic rings. The van der Waals surface area contributed by atoms with E-state index in [1.165, 1.54) is 43.5 Å². The number of piperidine rings is 1. The van der Waals surface area contributed by atoms with E-state index in [1.807, 2.05) is 0 Å². The van der Waals surface area contributed by atoms with Gasteiger partial charge in [-0.25, -0.2) is 0 Å². The molecule has 0 amide bonds. The maximum absolute atomic E-state index is 3.47. The number of nitrogens with one attached hydrogen (secondary N) is 1. The number of hydrogen-bond donors (Lipinski definition) is 1. The lowest BCUT2D eigenvalue weighted by atomic mass is 9.92. The van der Waals surface area contributed by atoms with Crippen molar-refractivity contribution in [3.8, 4) is 0 Å². The molecule has 76 valence electrons. The summed E-state index contributed by atoms with van der Waals surface area (Å²) in [6.45, 7) is 4.58. The van der Waals surface area contributed by atoms with Crippen LogP contribution in [0.3, 0.4) is 0 Å². The minimum Gasteiger partial charge on any atom is -0.316 e. The molecule has 0 unspecified atom stereocenters. The monoisotopic (exact) mass is 189 g/mol. The van der Waals surface area contributed by atoms with Gasteiger partial charge in [0.2, 0.25) is 0 Å². The van der Waals surface area contributed by atoms with E-state index in [4.69, 9.17) is 0 Å². The minimum absolute atomic E-state index is 0.852. The molecule has 1 N–H and O–H groups in total. The van der Waals surface area contributed by atoms with E-state index >= 15 is 0 Å². The summed E-state index contributed by atoms with van der Waals surface area (Å²) < 4.78 is 0. The Morgan fingerprint density at radius 1 is 1.43 bits per heavy atom. The van der Waals surface area contributed by atoms with Gasteiger partial charge in [-0.3, -0.25) is 0 Å². The molecule has 1 atom stereocenters. The Hall–Kier alpha value is -0.820. The lowest BCUT2D eigenvalue weighted by Gasteiger charge is -2.22. The molecule has 0 aliphatic carbocycles. The van der Waals surface area contributed by atoms with Crippen molar-refractivity contribution in [2.45, 2.75) is 26.2 Å². The topological polar surface area (TPSA) is 12.0 Å². The van der Waals surface area contributed by atoms with Crippen LogP contribution in [0.2, 0.25) is 0 Å². The highest BCUT2D eigenvalue weighted by Crippen LogP contribution is 2.16. The average Bonchev–Trinajstić information content (AvgIpc) is 2.19. The van der Waals surface area contributed by atoms with Gasteiger partial charge >= 0.3 is 0 Å². The molecule has 1 saturated heterocycles. The summed E-state index contributed by atoms with van der Waals surface area (Å²) in [5.41, 5.74) is 2.88. The molecule has 1 nitrogen and oxygen atoms in total. The van der Waals surface area contributed by atoms with Gasteiger partial charge in [0.1, 0.15) is 0 Å². The molecule has 0 spiro atoms. The van der Waals surface area contributed by atoms with Gasteiger partial charge in [-0.05, 0) is 50.8 Å². The predicted molar refractivity (Wildman–Crippen MR) is 60.5 cm³/mol. The molecule has 1 heterocycles. The minimum atomic E-state index is 0.852. The second-order valence-corrected chi connectivity index (χ2v) is 4.41. The van der Waals surface area contributed by atoms with Crippen LogP contribution in [-0.2, 0) is 6.42 Å². The van der Waals surface area contributed by atoms with Crippen LogP contribution in [0.15, 0.2) is 24.3 Å². The molecule has 1 aliphatic heterocycles. The lowest BCUT2D eigenvalue weighted by Crippen LogP contribution is -2.30. The highest BCUT2D eigenvalue weighted by molar-refractivity contribution is 5.22. The van der Waals surface area contributed by atoms with Crippen LogP contribution >= 0.6 is 0 Å². The zero-order valence-corrected chi connectivity index (χ0v) is 8.92. The van der Waals surface area contributed by atoms with Gasteiger partial charge < -0.3 is 5.32 Å². The first-order chi connectivity index (χ1) is 6.84. The SMILES string of the molecule is Cc1cccc(C[C@@H]2CCCNC2)c1. The molecule has 2 rings (SSSR count). The summed E-state index contributed by atoms with van der Waals surface area (Å²) in [7, 11) is 0. The van der Waals surface area contributed by atoms with Crippen LogP contribution in [0.5, 0.6) is 0 Å². The van der Waals surface area contributed by atoms with Crippen LogP contribution in [0.25, 0.3) is 0 Å². The molecular formula is C13H19N. The Kier molecular flexibility index (Phi) is 3.20. The molecule has 0 aromatic heterocycles. The van der Waals surface area contributed by atoms with E-state index in [0.717, 1.165) is 5.92 Å². The van der Waals surface area contributed by atoms with E-state index in [0.29, 0.717) is 0 Å². The van der Waals surface area contributed by atoms with Crippen LogP contribution in [0.1, 0.15) is 24.0 Å².